The fourth-order valence-corrected chi connectivity index (χ4v) is 0.775. The van der Waals surface area contributed by atoms with Crippen molar-refractivity contribution in [1.29, 1.82) is 5.39 Å². The molecule has 0 aliphatic rings. The fraction of sp³-hybridized carbons (Fsp3) is 0.250. The number of hydrogen-bond acceptors (Lipinski definition) is 1. The van der Waals surface area contributed by atoms with E-state index in [4.69, 9.17) is 5.39 Å². The van der Waals surface area contributed by atoms with Gasteiger partial charge in [0.2, 0.25) is 5.39 Å². The van der Waals surface area contributed by atoms with Crippen LogP contribution in [-0.2, 0) is 6.54 Å². The molecule has 9 heteroatoms. The Morgan fingerprint density at radius 2 is 1.35 bits per heavy atom. The van der Waals surface area contributed by atoms with Gasteiger partial charge in [0.05, 0.1) is 0 Å². The van der Waals surface area contributed by atoms with E-state index in [1.165, 1.54) is 5.56 Å². The van der Waals surface area contributed by atoms with E-state index in [1.54, 1.807) is 0 Å². The summed E-state index contributed by atoms with van der Waals surface area (Å²) in [6, 6.07) is 7.91. The molecule has 1 rings (SSSR count). The average molecular weight is 278 g/mol. The van der Waals surface area contributed by atoms with Gasteiger partial charge in [0.15, 0.2) is 0 Å². The van der Waals surface area contributed by atoms with Crippen LogP contribution in [-0.4, -0.2) is 0 Å². The molecule has 0 saturated carbocycles. The van der Waals surface area contributed by atoms with E-state index in [2.05, 4.69) is 4.98 Å². The molecule has 98 valence electrons. The van der Waals surface area contributed by atoms with Crippen LogP contribution >= 0.6 is 7.81 Å². The Labute approximate surface area is 93.1 Å². The molecule has 0 radical (unpaired) electrons. The first-order valence-corrected chi connectivity index (χ1v) is 6.23. The van der Waals surface area contributed by atoms with Gasteiger partial charge in [0.25, 0.3) is 0 Å². The second-order valence-electron chi connectivity index (χ2n) is 3.24. The predicted molar refractivity (Wildman–Crippen MR) is 53.5 cm³/mol. The Bertz CT molecular complexity index is 403. The Hall–Kier alpha value is -1.35. The first kappa shape index (κ1) is 15.7. The van der Waals surface area contributed by atoms with Gasteiger partial charge >= 0.3 is 39.5 Å². The minimum absolute atomic E-state index is 0.389. The van der Waals surface area contributed by atoms with Crippen LogP contribution in [0.4, 0.5) is 25.2 Å². The molecule has 0 bridgehead atoms. The third-order valence-electron chi connectivity index (χ3n) is 1.37. The number of halogens is 6. The van der Waals surface area contributed by atoms with Gasteiger partial charge in [-0.1, -0.05) is 29.8 Å². The van der Waals surface area contributed by atoms with E-state index < -0.39 is 7.81 Å². The van der Waals surface area contributed by atoms with Crippen molar-refractivity contribution in [1.82, 2.24) is 0 Å². The van der Waals surface area contributed by atoms with Crippen LogP contribution in [0.5, 0.6) is 0 Å². The number of benzene rings is 1. The van der Waals surface area contributed by atoms with Gasteiger partial charge < -0.3 is 0 Å². The molecular weight excluding hydrogens is 269 g/mol. The van der Waals surface area contributed by atoms with Crippen molar-refractivity contribution in [2.75, 3.05) is 0 Å². The third kappa shape index (κ3) is 17.3. The summed E-state index contributed by atoms with van der Waals surface area (Å²) < 4.78 is 59.2. The maximum atomic E-state index is 9.87. The normalized spacial score (nSPS) is 14.7. The van der Waals surface area contributed by atoms with Gasteiger partial charge in [-0.15, -0.1) is 0 Å². The number of rotatable bonds is 1. The Morgan fingerprint density at radius 3 is 1.65 bits per heavy atom. The van der Waals surface area contributed by atoms with Crippen molar-refractivity contribution in [3.63, 3.8) is 0 Å². The quantitative estimate of drug-likeness (QED) is 0.366. The number of hydrogen-bond donors (Lipinski definition) is 0. The summed E-state index contributed by atoms with van der Waals surface area (Å²) in [7, 11) is -10.7. The van der Waals surface area contributed by atoms with Crippen LogP contribution in [0, 0.1) is 12.3 Å². The van der Waals surface area contributed by atoms with E-state index in [1.807, 2.05) is 31.2 Å². The summed E-state index contributed by atoms with van der Waals surface area (Å²) in [4.78, 5) is 3.04. The van der Waals surface area contributed by atoms with Crippen molar-refractivity contribution in [3.05, 3.63) is 40.4 Å². The van der Waals surface area contributed by atoms with Crippen LogP contribution in [0.2, 0.25) is 0 Å². The second kappa shape index (κ2) is 4.15. The van der Waals surface area contributed by atoms with Gasteiger partial charge in [-0.2, -0.15) is 0 Å². The molecule has 17 heavy (non-hydrogen) atoms. The summed E-state index contributed by atoms with van der Waals surface area (Å²) in [5.41, 5.74) is 2.26. The average Bonchev–Trinajstić information content (AvgIpc) is 2.04. The number of nitrogens with zero attached hydrogens (tertiary/aromatic N) is 2. The van der Waals surface area contributed by atoms with E-state index in [-0.39, 0.29) is 0 Å². The molecule has 2 nitrogen and oxygen atoms in total. The fourth-order valence-electron chi connectivity index (χ4n) is 0.775. The zero-order chi connectivity index (χ0) is 13.8. The van der Waals surface area contributed by atoms with Crippen LogP contribution in [0.25, 0.3) is 4.98 Å². The number of aryl methyl sites for hydroxylation is 1. The molecule has 0 N–H and O–H groups in total. The van der Waals surface area contributed by atoms with Crippen molar-refractivity contribution in [2.24, 2.45) is 0 Å². The van der Waals surface area contributed by atoms with Gasteiger partial charge in [-0.3, -0.25) is 0 Å². The van der Waals surface area contributed by atoms with Crippen molar-refractivity contribution in [2.45, 2.75) is 13.5 Å². The molecule has 0 aliphatic carbocycles. The van der Waals surface area contributed by atoms with Crippen LogP contribution < -0.4 is 0 Å². The molecule has 0 aliphatic heterocycles. The standard InChI is InChI=1S/C8H9N2.F6P/c1-7-2-4-8(5-3-7)6-10-9;1-7(2,3,4,5)6/h2-5H,6H2,1H3;/q+1;-1. The predicted octanol–water partition coefficient (Wildman–Crippen LogP) is 5.73. The molecule has 0 amide bonds. The summed E-state index contributed by atoms with van der Waals surface area (Å²) in [5.74, 6) is 0. The molecule has 1 aromatic rings. The molecule has 0 fully saturated rings. The van der Waals surface area contributed by atoms with Crippen molar-refractivity contribution >= 4 is 7.81 Å². The second-order valence-corrected chi connectivity index (χ2v) is 5.16. The SMILES string of the molecule is Cc1ccc(C[N+]#N)cc1.F[P-](F)(F)(F)(F)F. The zero-order valence-corrected chi connectivity index (χ0v) is 9.52. The Balaban J connectivity index is 0.000000325. The summed E-state index contributed by atoms with van der Waals surface area (Å²) in [5, 5.41) is 8.21. The Morgan fingerprint density at radius 1 is 1.00 bits per heavy atom. The van der Waals surface area contributed by atoms with Gasteiger partial charge in [0.1, 0.15) is 4.98 Å². The molecule has 0 saturated heterocycles. The number of diazo groups is 1. The summed E-state index contributed by atoms with van der Waals surface area (Å²) in [6.45, 7) is 2.42. The summed E-state index contributed by atoms with van der Waals surface area (Å²) >= 11 is 0. The molecule has 0 heterocycles. The Kier molecular flexibility index (Phi) is 3.82. The molecule has 1 aromatic carbocycles. The van der Waals surface area contributed by atoms with Crippen LogP contribution in [0.15, 0.2) is 24.3 Å². The van der Waals surface area contributed by atoms with E-state index in [9.17, 15) is 25.2 Å². The third-order valence-corrected chi connectivity index (χ3v) is 1.37. The first-order valence-electron chi connectivity index (χ1n) is 4.21. The minimum atomic E-state index is -10.7. The first-order chi connectivity index (χ1) is 7.28. The summed E-state index contributed by atoms with van der Waals surface area (Å²) in [6.07, 6.45) is 0. The topological polar surface area (TPSA) is 28.1 Å². The van der Waals surface area contributed by atoms with Crippen molar-refractivity contribution < 1.29 is 25.2 Å². The van der Waals surface area contributed by atoms with Gasteiger partial charge in [-0.05, 0) is 6.92 Å². The molecule has 0 aromatic heterocycles. The molecule has 0 unspecified atom stereocenters. The van der Waals surface area contributed by atoms with E-state index in [0.717, 1.165) is 5.56 Å². The van der Waals surface area contributed by atoms with Gasteiger partial charge in [-0.25, -0.2) is 0 Å². The maximum absolute atomic E-state index is 10.7. The van der Waals surface area contributed by atoms with Crippen molar-refractivity contribution in [3.8, 4) is 0 Å². The molecular formula is C8H9F6N2P. The molecule has 0 spiro atoms. The van der Waals surface area contributed by atoms with Gasteiger partial charge in [0, 0.05) is 5.56 Å². The zero-order valence-electron chi connectivity index (χ0n) is 8.63. The van der Waals surface area contributed by atoms with Crippen LogP contribution in [0.1, 0.15) is 11.1 Å². The monoisotopic (exact) mass is 278 g/mol. The van der Waals surface area contributed by atoms with Crippen LogP contribution in [0.3, 0.4) is 0 Å². The molecule has 0 atom stereocenters. The van der Waals surface area contributed by atoms with E-state index >= 15 is 0 Å². The van der Waals surface area contributed by atoms with E-state index in [0.29, 0.717) is 6.54 Å².